The van der Waals surface area contributed by atoms with Crippen LogP contribution in [0.1, 0.15) is 52.4 Å². The predicted molar refractivity (Wildman–Crippen MR) is 75.9 cm³/mol. The highest BCUT2D eigenvalue weighted by Gasteiger charge is 2.13. The van der Waals surface area contributed by atoms with Crippen LogP contribution in [0, 0.1) is 6.92 Å². The number of aryl methyl sites for hydroxylation is 1. The van der Waals surface area contributed by atoms with E-state index in [1.165, 1.54) is 0 Å². The third-order valence-electron chi connectivity index (χ3n) is 2.76. The minimum Gasteiger partial charge on any atom is -0.489 e. The number of nitrogens with zero attached hydrogens (tertiary/aromatic N) is 1. The van der Waals surface area contributed by atoms with E-state index in [0.717, 1.165) is 30.1 Å². The van der Waals surface area contributed by atoms with E-state index in [1.807, 2.05) is 19.1 Å². The summed E-state index contributed by atoms with van der Waals surface area (Å²) in [5.41, 5.74) is 2.10. The van der Waals surface area contributed by atoms with Gasteiger partial charge in [-0.15, -0.1) is 0 Å². The molecule has 102 valence electrons. The molecule has 0 amide bonds. The summed E-state index contributed by atoms with van der Waals surface area (Å²) >= 11 is 0. The summed E-state index contributed by atoms with van der Waals surface area (Å²) in [7, 11) is 0. The van der Waals surface area contributed by atoms with Crippen LogP contribution in [0.25, 0.3) is 0 Å². The molecule has 1 rings (SSSR count). The quantitative estimate of drug-likeness (QED) is 0.869. The average Bonchev–Trinajstić information content (AvgIpc) is 2.28. The van der Waals surface area contributed by atoms with Crippen LogP contribution in [0.5, 0.6) is 5.75 Å². The van der Waals surface area contributed by atoms with Crippen molar-refractivity contribution in [2.75, 3.05) is 0 Å². The van der Waals surface area contributed by atoms with Gasteiger partial charge >= 0.3 is 0 Å². The second-order valence-electron chi connectivity index (χ2n) is 5.84. The molecule has 3 nitrogen and oxygen atoms in total. The van der Waals surface area contributed by atoms with Gasteiger partial charge in [-0.3, -0.25) is 4.98 Å². The summed E-state index contributed by atoms with van der Waals surface area (Å²) in [6.45, 7) is 13.4. The summed E-state index contributed by atoms with van der Waals surface area (Å²) in [4.78, 5) is 4.58. The number of hydrogen-bond acceptors (Lipinski definition) is 3. The van der Waals surface area contributed by atoms with Crippen molar-refractivity contribution < 1.29 is 4.74 Å². The second-order valence-corrected chi connectivity index (χ2v) is 5.84. The van der Waals surface area contributed by atoms with Crippen LogP contribution < -0.4 is 10.1 Å². The topological polar surface area (TPSA) is 34.1 Å². The Morgan fingerprint density at radius 2 is 2.00 bits per heavy atom. The van der Waals surface area contributed by atoms with Crippen LogP contribution in [0.2, 0.25) is 0 Å². The predicted octanol–water partition coefficient (Wildman–Crippen LogP) is 3.46. The second kappa shape index (κ2) is 6.19. The van der Waals surface area contributed by atoms with Crippen molar-refractivity contribution in [3.8, 4) is 5.75 Å². The van der Waals surface area contributed by atoms with Crippen LogP contribution in [0.3, 0.4) is 0 Å². The standard InChI is InChI=1S/C15H26N2O/c1-7-12(3)18-14-9-8-11(2)17-13(14)10-16-15(4,5)6/h8-9,12,16H,7,10H2,1-6H3. The zero-order valence-electron chi connectivity index (χ0n) is 12.5. The van der Waals surface area contributed by atoms with Crippen molar-refractivity contribution in [3.05, 3.63) is 23.5 Å². The minimum absolute atomic E-state index is 0.0824. The van der Waals surface area contributed by atoms with Gasteiger partial charge in [-0.2, -0.15) is 0 Å². The van der Waals surface area contributed by atoms with Crippen LogP contribution in [-0.2, 0) is 6.54 Å². The van der Waals surface area contributed by atoms with E-state index in [-0.39, 0.29) is 11.6 Å². The van der Waals surface area contributed by atoms with Crippen molar-refractivity contribution >= 4 is 0 Å². The first kappa shape index (κ1) is 15.0. The SMILES string of the molecule is CCC(C)Oc1ccc(C)nc1CNC(C)(C)C. The Morgan fingerprint density at radius 1 is 1.33 bits per heavy atom. The smallest absolute Gasteiger partial charge is 0.142 e. The van der Waals surface area contributed by atoms with Crippen LogP contribution >= 0.6 is 0 Å². The van der Waals surface area contributed by atoms with E-state index >= 15 is 0 Å². The van der Waals surface area contributed by atoms with Crippen molar-refractivity contribution in [1.29, 1.82) is 0 Å². The summed E-state index contributed by atoms with van der Waals surface area (Å²) in [5.74, 6) is 0.895. The Hall–Kier alpha value is -1.09. The lowest BCUT2D eigenvalue weighted by Gasteiger charge is -2.22. The number of hydrogen-bond donors (Lipinski definition) is 1. The fourth-order valence-electron chi connectivity index (χ4n) is 1.48. The molecule has 1 heterocycles. The third kappa shape index (κ3) is 5.05. The lowest BCUT2D eigenvalue weighted by molar-refractivity contribution is 0.213. The number of nitrogens with one attached hydrogen (secondary N) is 1. The Labute approximate surface area is 111 Å². The van der Waals surface area contributed by atoms with Crippen molar-refractivity contribution in [2.24, 2.45) is 0 Å². The molecule has 1 aromatic heterocycles. The first-order chi connectivity index (χ1) is 8.31. The minimum atomic E-state index is 0.0824. The van der Waals surface area contributed by atoms with Gasteiger partial charge in [-0.1, -0.05) is 6.92 Å². The number of rotatable bonds is 5. The zero-order chi connectivity index (χ0) is 13.8. The molecular formula is C15H26N2O. The molecule has 0 saturated heterocycles. The van der Waals surface area contributed by atoms with Gasteiger partial charge in [0.05, 0.1) is 11.8 Å². The molecule has 0 aliphatic rings. The molecule has 1 aromatic rings. The maximum absolute atomic E-state index is 5.91. The molecule has 18 heavy (non-hydrogen) atoms. The lowest BCUT2D eigenvalue weighted by atomic mass is 10.1. The van der Waals surface area contributed by atoms with Gasteiger partial charge < -0.3 is 10.1 Å². The van der Waals surface area contributed by atoms with Crippen molar-refractivity contribution in [3.63, 3.8) is 0 Å². The molecular weight excluding hydrogens is 224 g/mol. The third-order valence-corrected chi connectivity index (χ3v) is 2.76. The first-order valence-electron chi connectivity index (χ1n) is 6.70. The normalized spacial score (nSPS) is 13.4. The molecule has 1 N–H and O–H groups in total. The molecule has 0 aliphatic carbocycles. The molecule has 0 aromatic carbocycles. The van der Waals surface area contributed by atoms with E-state index in [9.17, 15) is 0 Å². The maximum atomic E-state index is 5.91. The van der Waals surface area contributed by atoms with Gasteiger partial charge in [0.2, 0.25) is 0 Å². The van der Waals surface area contributed by atoms with E-state index < -0.39 is 0 Å². The number of aromatic nitrogens is 1. The van der Waals surface area contributed by atoms with Gasteiger partial charge in [0.25, 0.3) is 0 Å². The van der Waals surface area contributed by atoms with E-state index in [2.05, 4.69) is 44.9 Å². The van der Waals surface area contributed by atoms with E-state index in [4.69, 9.17) is 4.74 Å². The molecule has 0 radical (unpaired) electrons. The molecule has 0 bridgehead atoms. The molecule has 0 saturated carbocycles. The average molecular weight is 250 g/mol. The Morgan fingerprint density at radius 3 is 2.56 bits per heavy atom. The maximum Gasteiger partial charge on any atom is 0.142 e. The fraction of sp³-hybridized carbons (Fsp3) is 0.667. The molecule has 3 heteroatoms. The number of pyridine rings is 1. The van der Waals surface area contributed by atoms with Crippen LogP contribution in [0.4, 0.5) is 0 Å². The van der Waals surface area contributed by atoms with Gasteiger partial charge in [0.15, 0.2) is 0 Å². The van der Waals surface area contributed by atoms with Crippen LogP contribution in [0.15, 0.2) is 12.1 Å². The van der Waals surface area contributed by atoms with Gasteiger partial charge in [-0.05, 0) is 53.2 Å². The Balaban J connectivity index is 2.83. The fourth-order valence-corrected chi connectivity index (χ4v) is 1.48. The van der Waals surface area contributed by atoms with Crippen molar-refractivity contribution in [2.45, 2.75) is 66.2 Å². The van der Waals surface area contributed by atoms with E-state index in [0.29, 0.717) is 0 Å². The first-order valence-corrected chi connectivity index (χ1v) is 6.70. The Kier molecular flexibility index (Phi) is 5.15. The summed E-state index contributed by atoms with van der Waals surface area (Å²) < 4.78 is 5.91. The lowest BCUT2D eigenvalue weighted by Crippen LogP contribution is -2.35. The monoisotopic (exact) mass is 250 g/mol. The highest BCUT2D eigenvalue weighted by Crippen LogP contribution is 2.20. The van der Waals surface area contributed by atoms with Gasteiger partial charge in [0.1, 0.15) is 5.75 Å². The largest absolute Gasteiger partial charge is 0.489 e. The molecule has 1 unspecified atom stereocenters. The van der Waals surface area contributed by atoms with E-state index in [1.54, 1.807) is 0 Å². The molecule has 0 fully saturated rings. The summed E-state index contributed by atoms with van der Waals surface area (Å²) in [6, 6.07) is 4.02. The Bertz CT molecular complexity index is 383. The zero-order valence-corrected chi connectivity index (χ0v) is 12.5. The molecule has 0 spiro atoms. The molecule has 0 aliphatic heterocycles. The highest BCUT2D eigenvalue weighted by molar-refractivity contribution is 5.29. The molecule has 1 atom stereocenters. The van der Waals surface area contributed by atoms with Crippen LogP contribution in [-0.4, -0.2) is 16.6 Å². The summed E-state index contributed by atoms with van der Waals surface area (Å²) in [5, 5.41) is 3.45. The van der Waals surface area contributed by atoms with Crippen molar-refractivity contribution in [1.82, 2.24) is 10.3 Å². The van der Waals surface area contributed by atoms with Gasteiger partial charge in [0, 0.05) is 17.8 Å². The van der Waals surface area contributed by atoms with Gasteiger partial charge in [-0.25, -0.2) is 0 Å². The highest BCUT2D eigenvalue weighted by atomic mass is 16.5. The number of ether oxygens (including phenoxy) is 1. The summed E-state index contributed by atoms with van der Waals surface area (Å²) in [6.07, 6.45) is 1.22.